The van der Waals surface area contributed by atoms with Crippen molar-refractivity contribution in [3.8, 4) is 0 Å². The normalized spacial score (nSPS) is 14.4. The van der Waals surface area contributed by atoms with E-state index in [9.17, 15) is 14.9 Å². The minimum atomic E-state index is -0.404. The molecule has 1 fully saturated rings. The molecule has 2 aromatic rings. The number of rotatable bonds is 7. The second kappa shape index (κ2) is 11.4. The number of benzene rings is 2. The van der Waals surface area contributed by atoms with Crippen LogP contribution in [0.25, 0.3) is 0 Å². The number of thioether (sulfide) groups is 1. The number of hydrogen-bond donors (Lipinski definition) is 1. The Hall–Kier alpha value is -3.07. The van der Waals surface area contributed by atoms with Gasteiger partial charge in [-0.1, -0.05) is 30.3 Å². The molecule has 31 heavy (non-hydrogen) atoms. The number of carbonyl (C=O) groups excluding carboxylic acids is 1. The van der Waals surface area contributed by atoms with Crippen molar-refractivity contribution >= 4 is 29.3 Å². The van der Waals surface area contributed by atoms with Crippen molar-refractivity contribution in [3.05, 3.63) is 70.3 Å². The Balaban J connectivity index is 1.61. The van der Waals surface area contributed by atoms with Crippen LogP contribution in [-0.4, -0.2) is 65.1 Å². The molecule has 1 N–H and O–H groups in total. The molecule has 1 saturated heterocycles. The number of carbonyl (C=O) groups is 1. The third-order valence-corrected chi connectivity index (χ3v) is 5.99. The second-order valence-corrected chi connectivity index (χ2v) is 8.31. The number of nitrogens with zero attached hydrogens (tertiary/aromatic N) is 4. The van der Waals surface area contributed by atoms with Crippen molar-refractivity contribution in [3.63, 3.8) is 0 Å². The Kier molecular flexibility index (Phi) is 8.28. The predicted molar refractivity (Wildman–Crippen MR) is 123 cm³/mol. The Labute approximate surface area is 186 Å². The van der Waals surface area contributed by atoms with Crippen molar-refractivity contribution < 1.29 is 9.72 Å². The largest absolute Gasteiger partial charge is 0.355 e. The highest BCUT2D eigenvalue weighted by Gasteiger charge is 2.21. The lowest BCUT2D eigenvalue weighted by atomic mass is 10.2. The average molecular weight is 442 g/mol. The van der Waals surface area contributed by atoms with Crippen LogP contribution in [0.5, 0.6) is 0 Å². The molecule has 0 bridgehead atoms. The van der Waals surface area contributed by atoms with E-state index in [1.54, 1.807) is 30.8 Å². The van der Waals surface area contributed by atoms with Gasteiger partial charge in [0.1, 0.15) is 0 Å². The fourth-order valence-corrected chi connectivity index (χ4v) is 4.03. The van der Waals surface area contributed by atoms with E-state index in [1.165, 1.54) is 17.0 Å². The molecule has 2 aromatic carbocycles. The molecule has 8 nitrogen and oxygen atoms in total. The number of nitro groups is 1. The molecule has 0 saturated carbocycles. The van der Waals surface area contributed by atoms with E-state index in [0.717, 1.165) is 36.9 Å². The first-order valence-corrected chi connectivity index (χ1v) is 11.2. The number of guanidine groups is 1. The van der Waals surface area contributed by atoms with Crippen LogP contribution in [0.2, 0.25) is 0 Å². The third-order valence-electron chi connectivity index (χ3n) is 4.98. The highest BCUT2D eigenvalue weighted by Crippen LogP contribution is 2.16. The number of non-ortho nitro benzene ring substituents is 1. The van der Waals surface area contributed by atoms with E-state index in [1.807, 2.05) is 23.1 Å². The number of aliphatic imine (C=N–C) groups is 1. The molecule has 164 valence electrons. The summed E-state index contributed by atoms with van der Waals surface area (Å²) in [6, 6.07) is 16.7. The third kappa shape index (κ3) is 6.99. The number of nitro benzene ring substituents is 1. The molecule has 1 aliphatic rings. The summed E-state index contributed by atoms with van der Waals surface area (Å²) in [5.41, 5.74) is 0.982. The van der Waals surface area contributed by atoms with Gasteiger partial charge < -0.3 is 15.1 Å². The van der Waals surface area contributed by atoms with Gasteiger partial charge in [0.25, 0.3) is 5.69 Å². The molecule has 1 aliphatic heterocycles. The Bertz CT molecular complexity index is 897. The summed E-state index contributed by atoms with van der Waals surface area (Å²) in [5.74, 6) is 1.79. The van der Waals surface area contributed by atoms with Gasteiger partial charge in [0.05, 0.1) is 11.5 Å². The standard InChI is InChI=1S/C22H27N5O3S/c1-18(28)25-12-14-26(15-13-25)22(23-11-16-31-21-5-3-2-4-6-21)24-17-19-7-9-20(10-8-19)27(29)30/h2-10H,11-17H2,1H3,(H,23,24). The zero-order chi connectivity index (χ0) is 22.1. The summed E-state index contributed by atoms with van der Waals surface area (Å²) >= 11 is 1.78. The van der Waals surface area contributed by atoms with Crippen molar-refractivity contribution in [1.82, 2.24) is 15.1 Å². The zero-order valence-corrected chi connectivity index (χ0v) is 18.4. The smallest absolute Gasteiger partial charge is 0.269 e. The Morgan fingerprint density at radius 3 is 2.32 bits per heavy atom. The SMILES string of the molecule is CC(=O)N1CCN(C(=NCc2ccc([N+](=O)[O-])cc2)NCCSc2ccccc2)CC1. The lowest BCUT2D eigenvalue weighted by Gasteiger charge is -2.36. The van der Waals surface area contributed by atoms with Gasteiger partial charge in [0, 0.05) is 62.4 Å². The first kappa shape index (κ1) is 22.6. The molecule has 1 heterocycles. The maximum absolute atomic E-state index is 11.6. The summed E-state index contributed by atoms with van der Waals surface area (Å²) < 4.78 is 0. The van der Waals surface area contributed by atoms with E-state index in [4.69, 9.17) is 4.99 Å². The Morgan fingerprint density at radius 1 is 1.06 bits per heavy atom. The van der Waals surface area contributed by atoms with E-state index in [-0.39, 0.29) is 11.6 Å². The number of amides is 1. The van der Waals surface area contributed by atoms with Gasteiger partial charge in [-0.05, 0) is 17.7 Å². The van der Waals surface area contributed by atoms with Crippen LogP contribution in [0.15, 0.2) is 64.5 Å². The molecule has 0 aromatic heterocycles. The highest BCUT2D eigenvalue weighted by atomic mass is 32.2. The van der Waals surface area contributed by atoms with Gasteiger partial charge >= 0.3 is 0 Å². The van der Waals surface area contributed by atoms with Crippen LogP contribution in [0, 0.1) is 10.1 Å². The molecule has 0 unspecified atom stereocenters. The summed E-state index contributed by atoms with van der Waals surface area (Å²) in [6.45, 7) is 5.57. The molecule has 0 aliphatic carbocycles. The monoisotopic (exact) mass is 441 g/mol. The molecule has 3 rings (SSSR count). The number of nitrogens with one attached hydrogen (secondary N) is 1. The van der Waals surface area contributed by atoms with Crippen LogP contribution in [0.3, 0.4) is 0 Å². The fourth-order valence-electron chi connectivity index (χ4n) is 3.24. The van der Waals surface area contributed by atoms with E-state index in [0.29, 0.717) is 19.6 Å². The average Bonchev–Trinajstić information content (AvgIpc) is 2.79. The van der Waals surface area contributed by atoms with Gasteiger partial charge in [-0.2, -0.15) is 0 Å². The van der Waals surface area contributed by atoms with Crippen LogP contribution < -0.4 is 5.32 Å². The maximum atomic E-state index is 11.6. The maximum Gasteiger partial charge on any atom is 0.269 e. The first-order valence-electron chi connectivity index (χ1n) is 10.2. The van der Waals surface area contributed by atoms with Crippen molar-refractivity contribution in [2.45, 2.75) is 18.4 Å². The lowest BCUT2D eigenvalue weighted by Crippen LogP contribution is -2.53. The van der Waals surface area contributed by atoms with Crippen LogP contribution in [0.4, 0.5) is 5.69 Å². The van der Waals surface area contributed by atoms with E-state index < -0.39 is 4.92 Å². The van der Waals surface area contributed by atoms with Crippen molar-refractivity contribution in [2.75, 3.05) is 38.5 Å². The first-order chi connectivity index (χ1) is 15.0. The highest BCUT2D eigenvalue weighted by molar-refractivity contribution is 7.99. The van der Waals surface area contributed by atoms with Crippen LogP contribution >= 0.6 is 11.8 Å². The van der Waals surface area contributed by atoms with Crippen molar-refractivity contribution in [2.24, 2.45) is 4.99 Å². The van der Waals surface area contributed by atoms with E-state index >= 15 is 0 Å². The molecule has 1 amide bonds. The molecular formula is C22H27N5O3S. The summed E-state index contributed by atoms with van der Waals surface area (Å²) in [5, 5.41) is 14.3. The lowest BCUT2D eigenvalue weighted by molar-refractivity contribution is -0.384. The minimum absolute atomic E-state index is 0.0735. The molecule has 0 spiro atoms. The molecule has 9 heteroatoms. The van der Waals surface area contributed by atoms with Crippen molar-refractivity contribution in [1.29, 1.82) is 0 Å². The number of hydrogen-bond acceptors (Lipinski definition) is 5. The van der Waals surface area contributed by atoms with Gasteiger partial charge in [-0.25, -0.2) is 4.99 Å². The van der Waals surface area contributed by atoms with Crippen LogP contribution in [0.1, 0.15) is 12.5 Å². The predicted octanol–water partition coefficient (Wildman–Crippen LogP) is 3.00. The summed E-state index contributed by atoms with van der Waals surface area (Å²) in [7, 11) is 0. The summed E-state index contributed by atoms with van der Waals surface area (Å²) in [6.07, 6.45) is 0. The fraction of sp³-hybridized carbons (Fsp3) is 0.364. The molecule has 0 atom stereocenters. The minimum Gasteiger partial charge on any atom is -0.355 e. The van der Waals surface area contributed by atoms with E-state index in [2.05, 4.69) is 22.3 Å². The van der Waals surface area contributed by atoms with Crippen LogP contribution in [-0.2, 0) is 11.3 Å². The quantitative estimate of drug-likeness (QED) is 0.177. The number of piperazine rings is 1. The topological polar surface area (TPSA) is 91.1 Å². The molecule has 0 radical (unpaired) electrons. The zero-order valence-electron chi connectivity index (χ0n) is 17.6. The Morgan fingerprint density at radius 2 is 1.71 bits per heavy atom. The summed E-state index contributed by atoms with van der Waals surface area (Å²) in [4.78, 5) is 32.0. The second-order valence-electron chi connectivity index (χ2n) is 7.14. The van der Waals surface area contributed by atoms with Gasteiger partial charge in [-0.3, -0.25) is 14.9 Å². The van der Waals surface area contributed by atoms with Gasteiger partial charge in [0.15, 0.2) is 5.96 Å². The molecular weight excluding hydrogens is 414 g/mol. The van der Waals surface area contributed by atoms with Gasteiger partial charge in [0.2, 0.25) is 5.91 Å². The van der Waals surface area contributed by atoms with Gasteiger partial charge in [-0.15, -0.1) is 11.8 Å².